The summed E-state index contributed by atoms with van der Waals surface area (Å²) in [5.74, 6) is -4.57. The van der Waals surface area contributed by atoms with Gasteiger partial charge in [-0.25, -0.2) is 0 Å². The Morgan fingerprint density at radius 3 is 1.82 bits per heavy atom. The molecule has 0 saturated carbocycles. The minimum atomic E-state index is -1.03. The van der Waals surface area contributed by atoms with Crippen molar-refractivity contribution in [3.05, 3.63) is 95.5 Å². The smallest absolute Gasteiger partial charge is 0.208 e. The summed E-state index contributed by atoms with van der Waals surface area (Å²) in [6.07, 6.45) is 0. The maximum atomic E-state index is 10.9. The largest absolute Gasteiger partial charge is 0.503 e. The highest BCUT2D eigenvalue weighted by atomic mass is 79.9. The van der Waals surface area contributed by atoms with Crippen LogP contribution in [0.1, 0.15) is 0 Å². The number of nitrogens with zero attached hydrogens (tertiary/aromatic N) is 1. The van der Waals surface area contributed by atoms with Crippen molar-refractivity contribution in [3.63, 3.8) is 0 Å². The third-order valence-corrected chi connectivity index (χ3v) is 7.07. The lowest BCUT2D eigenvalue weighted by Crippen LogP contribution is -2.11. The molecule has 38 heavy (non-hydrogen) atoms. The molecular weight excluding hydrogens is 550 g/mol. The molecule has 1 heterocycles. The molecule has 0 amide bonds. The number of phenols is 5. The van der Waals surface area contributed by atoms with Crippen LogP contribution in [0.2, 0.25) is 0 Å². The second kappa shape index (κ2) is 8.93. The highest BCUT2D eigenvalue weighted by molar-refractivity contribution is 9.10. The average molecular weight is 570 g/mol. The van der Waals surface area contributed by atoms with Crippen molar-refractivity contribution in [2.45, 2.75) is 0 Å². The lowest BCUT2D eigenvalue weighted by molar-refractivity contribution is 0.329. The molecular formula is C30H20BrNO6. The van der Waals surface area contributed by atoms with Crippen molar-refractivity contribution in [1.29, 1.82) is 0 Å². The number of furan rings is 1. The van der Waals surface area contributed by atoms with E-state index in [0.29, 0.717) is 27.0 Å². The van der Waals surface area contributed by atoms with E-state index in [4.69, 9.17) is 4.42 Å². The van der Waals surface area contributed by atoms with E-state index in [0.717, 1.165) is 21.9 Å². The molecule has 5 N–H and O–H groups in total. The zero-order valence-corrected chi connectivity index (χ0v) is 21.2. The SMILES string of the molecule is Oc1c(O)c(O)c(N(c2ccc(-c3ccccc3)cc2)c2cc(Br)c3oc4ccccc4c3c2)c(O)c1O. The van der Waals surface area contributed by atoms with E-state index in [2.05, 4.69) is 15.9 Å². The molecule has 0 aliphatic rings. The van der Waals surface area contributed by atoms with Gasteiger partial charge in [0.05, 0.1) is 4.47 Å². The van der Waals surface area contributed by atoms with Crippen LogP contribution in [0, 0.1) is 0 Å². The number of para-hydroxylation sites is 1. The van der Waals surface area contributed by atoms with Crippen molar-refractivity contribution in [2.75, 3.05) is 4.90 Å². The van der Waals surface area contributed by atoms with Crippen molar-refractivity contribution < 1.29 is 29.9 Å². The van der Waals surface area contributed by atoms with Gasteiger partial charge in [0.15, 0.2) is 11.5 Å². The van der Waals surface area contributed by atoms with Crippen molar-refractivity contribution in [1.82, 2.24) is 0 Å². The molecule has 188 valence electrons. The molecule has 1 aromatic heterocycles. The van der Waals surface area contributed by atoms with Gasteiger partial charge in [-0.15, -0.1) is 0 Å². The van der Waals surface area contributed by atoms with Crippen LogP contribution in [0.15, 0.2) is 99.9 Å². The van der Waals surface area contributed by atoms with Crippen LogP contribution in [0.25, 0.3) is 33.1 Å². The lowest BCUT2D eigenvalue weighted by Gasteiger charge is -2.28. The lowest BCUT2D eigenvalue weighted by atomic mass is 10.0. The van der Waals surface area contributed by atoms with Crippen LogP contribution in [0.5, 0.6) is 28.7 Å². The predicted octanol–water partition coefficient (Wildman–Crippen LogP) is 8.01. The minimum absolute atomic E-state index is 0.315. The molecule has 8 heteroatoms. The molecule has 0 radical (unpaired) electrons. The van der Waals surface area contributed by atoms with Gasteiger partial charge in [-0.1, -0.05) is 60.7 Å². The summed E-state index contributed by atoms with van der Waals surface area (Å²) in [7, 11) is 0. The Balaban J connectivity index is 1.62. The van der Waals surface area contributed by atoms with Gasteiger partial charge in [0.2, 0.25) is 17.2 Å². The number of aromatic hydroxyl groups is 5. The Bertz CT molecular complexity index is 1800. The Morgan fingerprint density at radius 2 is 1.13 bits per heavy atom. The Kier molecular flexibility index (Phi) is 5.54. The monoisotopic (exact) mass is 569 g/mol. The van der Waals surface area contributed by atoms with Gasteiger partial charge in [-0.05, 0) is 57.4 Å². The fourth-order valence-corrected chi connectivity index (χ4v) is 5.15. The minimum Gasteiger partial charge on any atom is -0.503 e. The van der Waals surface area contributed by atoms with Gasteiger partial charge < -0.3 is 34.8 Å². The van der Waals surface area contributed by atoms with Crippen molar-refractivity contribution >= 4 is 54.9 Å². The maximum Gasteiger partial charge on any atom is 0.208 e. The molecule has 0 atom stereocenters. The molecule has 0 aliphatic heterocycles. The third kappa shape index (κ3) is 3.65. The van der Waals surface area contributed by atoms with Gasteiger partial charge in [0.1, 0.15) is 16.9 Å². The number of halogens is 1. The number of rotatable bonds is 4. The van der Waals surface area contributed by atoms with Crippen LogP contribution in [-0.2, 0) is 0 Å². The van der Waals surface area contributed by atoms with Crippen molar-refractivity contribution in [2.24, 2.45) is 0 Å². The Morgan fingerprint density at radius 1 is 0.553 bits per heavy atom. The van der Waals surface area contributed by atoms with E-state index in [9.17, 15) is 25.5 Å². The molecule has 7 nitrogen and oxygen atoms in total. The normalized spacial score (nSPS) is 11.3. The number of anilines is 3. The quantitative estimate of drug-likeness (QED) is 0.108. The summed E-state index contributed by atoms with van der Waals surface area (Å²) in [6.45, 7) is 0. The predicted molar refractivity (Wildman–Crippen MR) is 150 cm³/mol. The number of hydrogen-bond acceptors (Lipinski definition) is 7. The first-order chi connectivity index (χ1) is 18.3. The van der Waals surface area contributed by atoms with Gasteiger partial charge in [-0.2, -0.15) is 0 Å². The zero-order chi connectivity index (χ0) is 26.6. The van der Waals surface area contributed by atoms with Crippen LogP contribution in [-0.4, -0.2) is 25.5 Å². The summed E-state index contributed by atoms with van der Waals surface area (Å²) >= 11 is 3.57. The summed E-state index contributed by atoms with van der Waals surface area (Å²) < 4.78 is 6.63. The number of phenolic OH excluding ortho intramolecular Hbond substituents is 5. The molecule has 5 aromatic carbocycles. The van der Waals surface area contributed by atoms with Crippen molar-refractivity contribution in [3.8, 4) is 39.9 Å². The first kappa shape index (κ1) is 23.6. The topological polar surface area (TPSA) is 118 Å². The van der Waals surface area contributed by atoms with E-state index >= 15 is 0 Å². The molecule has 0 aliphatic carbocycles. The summed E-state index contributed by atoms with van der Waals surface area (Å²) in [5.41, 5.74) is 3.90. The second-order valence-electron chi connectivity index (χ2n) is 8.74. The molecule has 0 fully saturated rings. The Labute approximate surface area is 224 Å². The average Bonchev–Trinajstić information content (AvgIpc) is 3.33. The maximum absolute atomic E-state index is 10.9. The van der Waals surface area contributed by atoms with Gasteiger partial charge in [-0.3, -0.25) is 0 Å². The highest BCUT2D eigenvalue weighted by Gasteiger charge is 2.30. The number of fused-ring (bicyclic) bond motifs is 3. The highest BCUT2D eigenvalue weighted by Crippen LogP contribution is 2.58. The van der Waals surface area contributed by atoms with Crippen LogP contribution < -0.4 is 4.90 Å². The van der Waals surface area contributed by atoms with E-state index in [1.165, 1.54) is 4.90 Å². The third-order valence-electron chi connectivity index (χ3n) is 6.48. The van der Waals surface area contributed by atoms with E-state index in [1.54, 1.807) is 18.2 Å². The first-order valence-corrected chi connectivity index (χ1v) is 12.4. The molecule has 6 rings (SSSR count). The van der Waals surface area contributed by atoms with Gasteiger partial charge in [0.25, 0.3) is 0 Å². The van der Waals surface area contributed by atoms with E-state index in [-0.39, 0.29) is 5.69 Å². The molecule has 0 bridgehead atoms. The van der Waals surface area contributed by atoms with Crippen LogP contribution in [0.4, 0.5) is 17.1 Å². The summed E-state index contributed by atoms with van der Waals surface area (Å²) in [4.78, 5) is 1.48. The van der Waals surface area contributed by atoms with E-state index < -0.39 is 28.7 Å². The zero-order valence-electron chi connectivity index (χ0n) is 19.6. The summed E-state index contributed by atoms with van der Waals surface area (Å²) in [6, 6.07) is 28.2. The fraction of sp³-hybridized carbons (Fsp3) is 0. The van der Waals surface area contributed by atoms with Crippen LogP contribution >= 0.6 is 15.9 Å². The van der Waals surface area contributed by atoms with Gasteiger partial charge in [0, 0.05) is 22.1 Å². The van der Waals surface area contributed by atoms with Crippen LogP contribution in [0.3, 0.4) is 0 Å². The molecule has 0 spiro atoms. The van der Waals surface area contributed by atoms with E-state index in [1.807, 2.05) is 72.8 Å². The molecule has 6 aromatic rings. The standard InChI is InChI=1S/C30H20BrNO6/c31-22-15-19(14-21-20-8-4-5-9-23(20)38-30(21)22)32(24-25(33)27(35)29(37)28(36)26(24)34)18-12-10-17(11-13-18)16-6-2-1-3-7-16/h1-15,33-37H. The summed E-state index contributed by atoms with van der Waals surface area (Å²) in [5, 5.41) is 54.0. The van der Waals surface area contributed by atoms with Gasteiger partial charge >= 0.3 is 0 Å². The number of benzene rings is 5. The fourth-order valence-electron chi connectivity index (χ4n) is 4.63. The first-order valence-electron chi connectivity index (χ1n) is 11.6. The second-order valence-corrected chi connectivity index (χ2v) is 9.60. The number of hydrogen-bond donors (Lipinski definition) is 5. The Hall–Kier alpha value is -4.82. The molecule has 0 saturated heterocycles. The molecule has 0 unspecified atom stereocenters.